The summed E-state index contributed by atoms with van der Waals surface area (Å²) in [4.78, 5) is 18.0. The molecule has 2 N–H and O–H groups in total. The Morgan fingerprint density at radius 3 is 3.16 bits per heavy atom. The number of rotatable bonds is 4. The number of H-pyrrole nitrogens is 1. The molecule has 104 valence electrons. The predicted octanol–water partition coefficient (Wildman–Crippen LogP) is -0.0999. The van der Waals surface area contributed by atoms with Crippen LogP contribution >= 0.6 is 0 Å². The van der Waals surface area contributed by atoms with Crippen molar-refractivity contribution >= 4 is 5.97 Å². The minimum atomic E-state index is -0.746. The van der Waals surface area contributed by atoms with Gasteiger partial charge in [0.25, 0.3) is 0 Å². The van der Waals surface area contributed by atoms with Crippen LogP contribution in [-0.2, 0) is 22.5 Å². The molecule has 7 nitrogen and oxygen atoms in total. The molecule has 0 aliphatic carbocycles. The molecule has 1 aromatic rings. The fraction of sp³-hybridized carbons (Fsp3) is 0.750. The summed E-state index contributed by atoms with van der Waals surface area (Å²) in [5.41, 5.74) is -0.729. The van der Waals surface area contributed by atoms with E-state index in [1.165, 1.54) is 0 Å². The fourth-order valence-corrected chi connectivity index (χ4v) is 3.04. The van der Waals surface area contributed by atoms with Crippen LogP contribution in [0, 0.1) is 11.3 Å². The largest absolute Gasteiger partial charge is 0.481 e. The minimum absolute atomic E-state index is 0.0820. The molecule has 0 unspecified atom stereocenters. The summed E-state index contributed by atoms with van der Waals surface area (Å²) in [6.07, 6.45) is 0.798. The predicted molar refractivity (Wildman–Crippen MR) is 65.4 cm³/mol. The number of aromatic nitrogens is 3. The van der Waals surface area contributed by atoms with Crippen LogP contribution in [-0.4, -0.2) is 57.5 Å². The number of nitrogens with zero attached hydrogens (tertiary/aromatic N) is 3. The Labute approximate surface area is 111 Å². The first kappa shape index (κ1) is 12.6. The van der Waals surface area contributed by atoms with E-state index in [0.29, 0.717) is 26.3 Å². The number of hydrogen-bond donors (Lipinski definition) is 2. The molecule has 0 aromatic carbocycles. The molecule has 2 atom stereocenters. The zero-order chi connectivity index (χ0) is 13.5. The molecule has 1 aromatic heterocycles. The summed E-state index contributed by atoms with van der Waals surface area (Å²) in [6.45, 7) is 4.76. The third-order valence-electron chi connectivity index (χ3n) is 4.14. The van der Waals surface area contributed by atoms with Crippen molar-refractivity contribution in [1.29, 1.82) is 0 Å². The normalized spacial score (nSPS) is 30.7. The Kier molecular flexibility index (Phi) is 3.02. The number of aromatic amines is 1. The standard InChI is InChI=1S/C12H18N4O3/c1-2-9-13-10(15-14-9)4-16-3-8-5-19-7-12(8,6-16)11(17)18/h8H,2-7H2,1H3,(H,17,18)(H,13,14,15)/t8-,12-/m1/s1. The summed E-state index contributed by atoms with van der Waals surface area (Å²) < 4.78 is 5.35. The molecule has 2 fully saturated rings. The molecule has 0 radical (unpaired) electrons. The maximum absolute atomic E-state index is 11.5. The van der Waals surface area contributed by atoms with Crippen LogP contribution < -0.4 is 0 Å². The molecule has 3 heterocycles. The smallest absolute Gasteiger partial charge is 0.313 e. The first-order valence-corrected chi connectivity index (χ1v) is 6.57. The molecule has 19 heavy (non-hydrogen) atoms. The number of ether oxygens (including phenoxy) is 1. The Morgan fingerprint density at radius 2 is 2.53 bits per heavy atom. The van der Waals surface area contributed by atoms with Crippen LogP contribution in [0.4, 0.5) is 0 Å². The van der Waals surface area contributed by atoms with Crippen LogP contribution in [0.5, 0.6) is 0 Å². The van der Waals surface area contributed by atoms with E-state index in [0.717, 1.165) is 24.6 Å². The van der Waals surface area contributed by atoms with Crippen LogP contribution in [0.2, 0.25) is 0 Å². The lowest BCUT2D eigenvalue weighted by Crippen LogP contribution is -2.38. The maximum atomic E-state index is 11.5. The lowest BCUT2D eigenvalue weighted by atomic mass is 9.81. The first-order valence-electron chi connectivity index (χ1n) is 6.57. The van der Waals surface area contributed by atoms with Gasteiger partial charge in [0.2, 0.25) is 0 Å². The number of aryl methyl sites for hydroxylation is 1. The van der Waals surface area contributed by atoms with E-state index < -0.39 is 11.4 Å². The minimum Gasteiger partial charge on any atom is -0.481 e. The number of fused-ring (bicyclic) bond motifs is 1. The van der Waals surface area contributed by atoms with E-state index in [1.807, 2.05) is 6.92 Å². The van der Waals surface area contributed by atoms with Crippen molar-refractivity contribution < 1.29 is 14.6 Å². The number of carboxylic acid groups (broad SMARTS) is 1. The monoisotopic (exact) mass is 266 g/mol. The van der Waals surface area contributed by atoms with Crippen LogP contribution in [0.25, 0.3) is 0 Å². The van der Waals surface area contributed by atoms with E-state index in [9.17, 15) is 9.90 Å². The molecule has 7 heteroatoms. The van der Waals surface area contributed by atoms with E-state index in [-0.39, 0.29) is 5.92 Å². The first-order chi connectivity index (χ1) is 9.14. The van der Waals surface area contributed by atoms with Crippen LogP contribution in [0.1, 0.15) is 18.6 Å². The fourth-order valence-electron chi connectivity index (χ4n) is 3.04. The lowest BCUT2D eigenvalue weighted by Gasteiger charge is -2.21. The topological polar surface area (TPSA) is 91.3 Å². The van der Waals surface area contributed by atoms with Gasteiger partial charge in [-0.25, -0.2) is 4.98 Å². The lowest BCUT2D eigenvalue weighted by molar-refractivity contribution is -0.149. The highest BCUT2D eigenvalue weighted by Gasteiger charge is 2.56. The van der Waals surface area contributed by atoms with Gasteiger partial charge < -0.3 is 9.84 Å². The average molecular weight is 266 g/mol. The summed E-state index contributed by atoms with van der Waals surface area (Å²) in [5, 5.41) is 16.5. The van der Waals surface area contributed by atoms with Gasteiger partial charge in [-0.1, -0.05) is 6.92 Å². The highest BCUT2D eigenvalue weighted by atomic mass is 16.5. The number of aliphatic carboxylic acids is 1. The van der Waals surface area contributed by atoms with E-state index >= 15 is 0 Å². The van der Waals surface area contributed by atoms with Crippen molar-refractivity contribution in [1.82, 2.24) is 20.1 Å². The van der Waals surface area contributed by atoms with Gasteiger partial charge in [-0.15, -0.1) is 0 Å². The zero-order valence-electron chi connectivity index (χ0n) is 10.9. The number of carbonyl (C=O) groups is 1. The van der Waals surface area contributed by atoms with Gasteiger partial charge in [0.1, 0.15) is 17.1 Å². The summed E-state index contributed by atoms with van der Waals surface area (Å²) in [6, 6.07) is 0. The highest BCUT2D eigenvalue weighted by Crippen LogP contribution is 2.41. The number of carboxylic acids is 1. The molecule has 2 aliphatic rings. The molecular formula is C12H18N4O3. The molecule has 2 saturated heterocycles. The van der Waals surface area contributed by atoms with Gasteiger partial charge in [-0.05, 0) is 0 Å². The second-order valence-corrected chi connectivity index (χ2v) is 5.39. The van der Waals surface area contributed by atoms with E-state index in [4.69, 9.17) is 4.74 Å². The van der Waals surface area contributed by atoms with E-state index in [2.05, 4.69) is 20.1 Å². The Balaban J connectivity index is 1.70. The second-order valence-electron chi connectivity index (χ2n) is 5.39. The SMILES string of the molecule is CCc1n[nH]c(CN2C[C@@H]3COC[C@]3(C(=O)O)C2)n1. The van der Waals surface area contributed by atoms with E-state index in [1.54, 1.807) is 0 Å². The van der Waals surface area contributed by atoms with Gasteiger partial charge in [-0.3, -0.25) is 14.8 Å². The van der Waals surface area contributed by atoms with Crippen LogP contribution in [0.15, 0.2) is 0 Å². The van der Waals surface area contributed by atoms with Crippen molar-refractivity contribution in [2.24, 2.45) is 11.3 Å². The maximum Gasteiger partial charge on any atom is 0.313 e. The molecule has 0 saturated carbocycles. The van der Waals surface area contributed by atoms with Crippen molar-refractivity contribution in [2.75, 3.05) is 26.3 Å². The molecular weight excluding hydrogens is 248 g/mol. The second kappa shape index (κ2) is 4.57. The van der Waals surface area contributed by atoms with Gasteiger partial charge in [0.15, 0.2) is 0 Å². The third kappa shape index (κ3) is 2.02. The molecule has 0 spiro atoms. The average Bonchev–Trinajstić information content (AvgIpc) is 3.02. The van der Waals surface area contributed by atoms with Gasteiger partial charge in [-0.2, -0.15) is 5.10 Å². The Hall–Kier alpha value is -1.47. The molecule has 3 rings (SSSR count). The highest BCUT2D eigenvalue weighted by molar-refractivity contribution is 5.76. The number of likely N-dealkylation sites (tertiary alicyclic amines) is 1. The quantitative estimate of drug-likeness (QED) is 0.790. The van der Waals surface area contributed by atoms with Crippen molar-refractivity contribution in [2.45, 2.75) is 19.9 Å². The van der Waals surface area contributed by atoms with Gasteiger partial charge in [0, 0.05) is 25.4 Å². The Morgan fingerprint density at radius 1 is 1.68 bits per heavy atom. The van der Waals surface area contributed by atoms with Gasteiger partial charge >= 0.3 is 5.97 Å². The van der Waals surface area contributed by atoms with Crippen LogP contribution in [0.3, 0.4) is 0 Å². The molecule has 0 amide bonds. The van der Waals surface area contributed by atoms with Crippen molar-refractivity contribution in [3.8, 4) is 0 Å². The van der Waals surface area contributed by atoms with Crippen molar-refractivity contribution in [3.63, 3.8) is 0 Å². The van der Waals surface area contributed by atoms with Gasteiger partial charge in [0.05, 0.1) is 19.8 Å². The zero-order valence-corrected chi connectivity index (χ0v) is 10.9. The summed E-state index contributed by atoms with van der Waals surface area (Å²) >= 11 is 0. The number of nitrogens with one attached hydrogen (secondary N) is 1. The van der Waals surface area contributed by atoms with Crippen molar-refractivity contribution in [3.05, 3.63) is 11.6 Å². The molecule has 0 bridgehead atoms. The Bertz CT molecular complexity index is 489. The summed E-state index contributed by atoms with van der Waals surface area (Å²) in [5.74, 6) is 0.937. The molecule has 2 aliphatic heterocycles. The number of hydrogen-bond acceptors (Lipinski definition) is 5. The summed E-state index contributed by atoms with van der Waals surface area (Å²) in [7, 11) is 0. The third-order valence-corrected chi connectivity index (χ3v) is 4.14.